The minimum atomic E-state index is -0.129. The molecule has 0 bridgehead atoms. The summed E-state index contributed by atoms with van der Waals surface area (Å²) in [6.45, 7) is 4.65. The maximum atomic E-state index is 6.95. The Hall–Kier alpha value is -7.62. The molecule has 0 fully saturated rings. The van der Waals surface area contributed by atoms with E-state index in [1.54, 1.807) is 0 Å². The molecule has 0 radical (unpaired) electrons. The summed E-state index contributed by atoms with van der Waals surface area (Å²) in [4.78, 5) is 10.7. The van der Waals surface area contributed by atoms with Crippen LogP contribution < -0.4 is 0 Å². The molecule has 11 aromatic rings. The average Bonchev–Trinajstić information content (AvgIpc) is 3.81. The molecule has 12 rings (SSSR count). The minimum Gasteiger partial charge on any atom is -0.455 e. The molecule has 3 heteroatoms. The molecule has 3 nitrogen and oxygen atoms in total. The zero-order valence-corrected chi connectivity index (χ0v) is 33.3. The van der Waals surface area contributed by atoms with E-state index in [2.05, 4.69) is 208 Å². The highest BCUT2D eigenvalue weighted by Gasteiger charge is 2.35. The van der Waals surface area contributed by atoms with Crippen LogP contribution in [0.25, 0.3) is 111 Å². The second-order valence-corrected chi connectivity index (χ2v) is 16.5. The van der Waals surface area contributed by atoms with Gasteiger partial charge >= 0.3 is 0 Å². The van der Waals surface area contributed by atoms with E-state index in [0.29, 0.717) is 5.82 Å². The molecule has 282 valence electrons. The standard InChI is InChI=1S/C57H38N2O/c1-57(2)49-24-9-8-21-45(49)46-29-28-41(33-50(46)57)52-34-51(40-18-10-16-38(31-40)35-13-4-3-5-14-35)58-56(59-52)42-19-11-17-39(32-42)44-22-12-23-47-48-30-27-37-26-25-36-15-6-7-20-43(36)53(37)55(48)60-54(44)47/h3-34H,1-2H3. The number of fused-ring (bicyclic) bond motifs is 10. The van der Waals surface area contributed by atoms with Gasteiger partial charge in [-0.15, -0.1) is 0 Å². The summed E-state index contributed by atoms with van der Waals surface area (Å²) in [6, 6.07) is 69.4. The summed E-state index contributed by atoms with van der Waals surface area (Å²) >= 11 is 0. The number of benzene rings is 9. The quantitative estimate of drug-likeness (QED) is 0.164. The molecular formula is C57H38N2O. The van der Waals surface area contributed by atoms with E-state index in [0.717, 1.165) is 72.1 Å². The Morgan fingerprint density at radius 3 is 1.85 bits per heavy atom. The van der Waals surface area contributed by atoms with Crippen molar-refractivity contribution >= 4 is 43.5 Å². The highest BCUT2D eigenvalue weighted by Crippen LogP contribution is 2.50. The van der Waals surface area contributed by atoms with Gasteiger partial charge in [0.25, 0.3) is 0 Å². The molecular weight excluding hydrogens is 729 g/mol. The first-order valence-electron chi connectivity index (χ1n) is 20.6. The molecule has 0 aliphatic heterocycles. The van der Waals surface area contributed by atoms with Gasteiger partial charge in [-0.2, -0.15) is 0 Å². The van der Waals surface area contributed by atoms with Gasteiger partial charge in [-0.1, -0.05) is 178 Å². The third-order valence-corrected chi connectivity index (χ3v) is 12.7. The normalized spacial score (nSPS) is 13.0. The Balaban J connectivity index is 1.03. The van der Waals surface area contributed by atoms with Crippen LogP contribution in [-0.4, -0.2) is 9.97 Å². The molecule has 0 amide bonds. The van der Waals surface area contributed by atoms with Crippen molar-refractivity contribution in [3.05, 3.63) is 205 Å². The van der Waals surface area contributed by atoms with E-state index in [9.17, 15) is 0 Å². The Bertz CT molecular complexity index is 3520. The second kappa shape index (κ2) is 13.2. The first kappa shape index (κ1) is 34.4. The summed E-state index contributed by atoms with van der Waals surface area (Å²) in [5.41, 5.74) is 16.1. The molecule has 60 heavy (non-hydrogen) atoms. The van der Waals surface area contributed by atoms with Gasteiger partial charge < -0.3 is 4.42 Å². The molecule has 0 atom stereocenters. The Morgan fingerprint density at radius 1 is 0.367 bits per heavy atom. The Kier molecular flexibility index (Phi) is 7.58. The van der Waals surface area contributed by atoms with Gasteiger partial charge in [0.05, 0.1) is 11.4 Å². The Labute approximate surface area is 348 Å². The van der Waals surface area contributed by atoms with E-state index in [-0.39, 0.29) is 5.41 Å². The fourth-order valence-corrected chi connectivity index (χ4v) is 9.62. The Morgan fingerprint density at radius 2 is 0.967 bits per heavy atom. The summed E-state index contributed by atoms with van der Waals surface area (Å²) < 4.78 is 6.95. The highest BCUT2D eigenvalue weighted by molar-refractivity contribution is 6.24. The van der Waals surface area contributed by atoms with E-state index < -0.39 is 0 Å². The van der Waals surface area contributed by atoms with Gasteiger partial charge in [0.15, 0.2) is 5.82 Å². The number of hydrogen-bond donors (Lipinski definition) is 0. The zero-order valence-electron chi connectivity index (χ0n) is 33.3. The molecule has 9 aromatic carbocycles. The minimum absolute atomic E-state index is 0.129. The van der Waals surface area contributed by atoms with Gasteiger partial charge in [-0.05, 0) is 85.4 Å². The number of aromatic nitrogens is 2. The van der Waals surface area contributed by atoms with Crippen molar-refractivity contribution in [2.45, 2.75) is 19.3 Å². The number of furan rings is 1. The van der Waals surface area contributed by atoms with Crippen molar-refractivity contribution in [2.75, 3.05) is 0 Å². The predicted octanol–water partition coefficient (Wildman–Crippen LogP) is 15.3. The van der Waals surface area contributed by atoms with Crippen molar-refractivity contribution in [1.82, 2.24) is 9.97 Å². The maximum Gasteiger partial charge on any atom is 0.160 e. The van der Waals surface area contributed by atoms with Crippen LogP contribution in [-0.2, 0) is 5.41 Å². The zero-order chi connectivity index (χ0) is 40.0. The molecule has 1 aliphatic carbocycles. The monoisotopic (exact) mass is 766 g/mol. The molecule has 0 saturated heterocycles. The molecule has 0 N–H and O–H groups in total. The molecule has 2 heterocycles. The van der Waals surface area contributed by atoms with E-state index >= 15 is 0 Å². The van der Waals surface area contributed by atoms with Crippen LogP contribution in [0.3, 0.4) is 0 Å². The average molecular weight is 767 g/mol. The lowest BCUT2D eigenvalue weighted by Gasteiger charge is -2.22. The van der Waals surface area contributed by atoms with Crippen LogP contribution in [0, 0.1) is 0 Å². The second-order valence-electron chi connectivity index (χ2n) is 16.5. The molecule has 0 spiro atoms. The van der Waals surface area contributed by atoms with Gasteiger partial charge in [0, 0.05) is 43.8 Å². The van der Waals surface area contributed by atoms with Crippen LogP contribution in [0.15, 0.2) is 199 Å². The van der Waals surface area contributed by atoms with Crippen LogP contribution in [0.2, 0.25) is 0 Å². The number of hydrogen-bond acceptors (Lipinski definition) is 3. The van der Waals surface area contributed by atoms with Gasteiger partial charge in [-0.25, -0.2) is 9.97 Å². The van der Waals surface area contributed by atoms with Gasteiger partial charge in [0.1, 0.15) is 11.2 Å². The number of para-hydroxylation sites is 1. The van der Waals surface area contributed by atoms with E-state index in [4.69, 9.17) is 14.4 Å². The molecule has 0 unspecified atom stereocenters. The lowest BCUT2D eigenvalue weighted by atomic mass is 9.82. The number of nitrogens with zero attached hydrogens (tertiary/aromatic N) is 2. The van der Waals surface area contributed by atoms with Crippen molar-refractivity contribution in [2.24, 2.45) is 0 Å². The van der Waals surface area contributed by atoms with Gasteiger partial charge in [-0.3, -0.25) is 0 Å². The molecule has 0 saturated carbocycles. The largest absolute Gasteiger partial charge is 0.455 e. The third-order valence-electron chi connectivity index (χ3n) is 12.7. The molecule has 2 aromatic heterocycles. The SMILES string of the molecule is CC1(C)c2ccccc2-c2ccc(-c3cc(-c4cccc(-c5ccccc5)c4)nc(-c4cccc(-c5cccc6c5oc5c6ccc6ccc7ccccc7c65)c4)n3)cc21. The van der Waals surface area contributed by atoms with E-state index in [1.807, 2.05) is 0 Å². The lowest BCUT2D eigenvalue weighted by molar-refractivity contribution is 0.660. The lowest BCUT2D eigenvalue weighted by Crippen LogP contribution is -2.14. The topological polar surface area (TPSA) is 38.9 Å². The predicted molar refractivity (Wildman–Crippen MR) is 249 cm³/mol. The number of rotatable bonds is 5. The summed E-state index contributed by atoms with van der Waals surface area (Å²) in [5, 5.41) is 6.93. The molecule has 1 aliphatic rings. The van der Waals surface area contributed by atoms with Gasteiger partial charge in [0.2, 0.25) is 0 Å². The van der Waals surface area contributed by atoms with Crippen LogP contribution in [0.1, 0.15) is 25.0 Å². The fraction of sp³-hybridized carbons (Fsp3) is 0.0526. The van der Waals surface area contributed by atoms with Crippen LogP contribution >= 0.6 is 0 Å². The smallest absolute Gasteiger partial charge is 0.160 e. The first-order valence-corrected chi connectivity index (χ1v) is 20.6. The summed E-state index contributed by atoms with van der Waals surface area (Å²) in [5.74, 6) is 0.673. The van der Waals surface area contributed by atoms with Crippen molar-refractivity contribution in [1.29, 1.82) is 0 Å². The van der Waals surface area contributed by atoms with Crippen molar-refractivity contribution in [3.8, 4) is 67.3 Å². The maximum absolute atomic E-state index is 6.95. The fourth-order valence-electron chi connectivity index (χ4n) is 9.62. The van der Waals surface area contributed by atoms with Crippen molar-refractivity contribution < 1.29 is 4.42 Å². The first-order chi connectivity index (χ1) is 29.5. The summed E-state index contributed by atoms with van der Waals surface area (Å²) in [6.07, 6.45) is 0. The highest BCUT2D eigenvalue weighted by atomic mass is 16.3. The van der Waals surface area contributed by atoms with Crippen LogP contribution in [0.5, 0.6) is 0 Å². The van der Waals surface area contributed by atoms with Crippen LogP contribution in [0.4, 0.5) is 0 Å². The summed E-state index contributed by atoms with van der Waals surface area (Å²) in [7, 11) is 0. The third kappa shape index (κ3) is 5.36. The van der Waals surface area contributed by atoms with E-state index in [1.165, 1.54) is 44.0 Å². The van der Waals surface area contributed by atoms with Crippen molar-refractivity contribution in [3.63, 3.8) is 0 Å².